The van der Waals surface area contributed by atoms with E-state index in [-0.39, 0.29) is 5.41 Å². The summed E-state index contributed by atoms with van der Waals surface area (Å²) < 4.78 is 0. The van der Waals surface area contributed by atoms with E-state index in [0.717, 1.165) is 6.42 Å². The third-order valence-corrected chi connectivity index (χ3v) is 3.27. The van der Waals surface area contributed by atoms with Crippen molar-refractivity contribution < 1.29 is 4.79 Å². The Morgan fingerprint density at radius 1 is 1.45 bits per heavy atom. The molecule has 1 heteroatoms. The number of hydrogen-bond acceptors (Lipinski definition) is 1. The molecule has 1 nitrogen and oxygen atoms in total. The van der Waals surface area contributed by atoms with E-state index in [1.807, 2.05) is 0 Å². The summed E-state index contributed by atoms with van der Waals surface area (Å²) in [7, 11) is 0. The minimum absolute atomic E-state index is 0.0799. The molecule has 0 aromatic rings. The molecule has 60 valence electrons. The SMILES string of the molecule is CC1(C)C(=O)CC2C=CC1C2. The Morgan fingerprint density at radius 3 is 2.91 bits per heavy atom. The van der Waals surface area contributed by atoms with Crippen LogP contribution in [-0.4, -0.2) is 5.78 Å². The summed E-state index contributed by atoms with van der Waals surface area (Å²) in [5.41, 5.74) is -0.0799. The highest BCUT2D eigenvalue weighted by molar-refractivity contribution is 5.86. The molecule has 0 aromatic heterocycles. The van der Waals surface area contributed by atoms with Crippen molar-refractivity contribution in [2.45, 2.75) is 26.7 Å². The van der Waals surface area contributed by atoms with E-state index in [1.165, 1.54) is 6.42 Å². The van der Waals surface area contributed by atoms with Crippen LogP contribution in [0.3, 0.4) is 0 Å². The Hall–Kier alpha value is -0.590. The number of allylic oxidation sites excluding steroid dienone is 2. The number of carbonyl (C=O) groups is 1. The first-order chi connectivity index (χ1) is 5.10. The third-order valence-electron chi connectivity index (χ3n) is 3.27. The van der Waals surface area contributed by atoms with Crippen molar-refractivity contribution in [3.63, 3.8) is 0 Å². The number of carbonyl (C=O) groups excluding carboxylic acids is 1. The number of fused-ring (bicyclic) bond motifs is 2. The second kappa shape index (κ2) is 1.96. The van der Waals surface area contributed by atoms with Gasteiger partial charge in [-0.25, -0.2) is 0 Å². The Balaban J connectivity index is 2.33. The molecule has 0 aromatic carbocycles. The van der Waals surface area contributed by atoms with Gasteiger partial charge >= 0.3 is 0 Å². The van der Waals surface area contributed by atoms with Gasteiger partial charge in [0.15, 0.2) is 0 Å². The van der Waals surface area contributed by atoms with Crippen molar-refractivity contribution >= 4 is 5.78 Å². The molecule has 0 amide bonds. The van der Waals surface area contributed by atoms with E-state index < -0.39 is 0 Å². The molecule has 0 spiro atoms. The Kier molecular flexibility index (Phi) is 1.26. The van der Waals surface area contributed by atoms with E-state index in [4.69, 9.17) is 0 Å². The molecule has 2 unspecified atom stereocenters. The van der Waals surface area contributed by atoms with Crippen molar-refractivity contribution in [2.24, 2.45) is 17.3 Å². The van der Waals surface area contributed by atoms with Crippen LogP contribution < -0.4 is 0 Å². The van der Waals surface area contributed by atoms with Gasteiger partial charge in [0.25, 0.3) is 0 Å². The molecular formula is C10H14O. The number of rotatable bonds is 0. The van der Waals surface area contributed by atoms with Crippen LogP contribution in [0, 0.1) is 17.3 Å². The lowest BCUT2D eigenvalue weighted by Crippen LogP contribution is -2.36. The van der Waals surface area contributed by atoms with Gasteiger partial charge in [-0.15, -0.1) is 0 Å². The van der Waals surface area contributed by atoms with Crippen LogP contribution >= 0.6 is 0 Å². The van der Waals surface area contributed by atoms with Crippen molar-refractivity contribution in [1.82, 2.24) is 0 Å². The van der Waals surface area contributed by atoms with Crippen LogP contribution in [0.5, 0.6) is 0 Å². The van der Waals surface area contributed by atoms with Crippen molar-refractivity contribution in [3.05, 3.63) is 12.2 Å². The van der Waals surface area contributed by atoms with Gasteiger partial charge < -0.3 is 0 Å². The zero-order valence-electron chi connectivity index (χ0n) is 7.13. The lowest BCUT2D eigenvalue weighted by molar-refractivity contribution is -0.132. The van der Waals surface area contributed by atoms with Crippen molar-refractivity contribution in [2.75, 3.05) is 0 Å². The van der Waals surface area contributed by atoms with Crippen LogP contribution in [0.15, 0.2) is 12.2 Å². The van der Waals surface area contributed by atoms with Crippen molar-refractivity contribution in [3.8, 4) is 0 Å². The maximum atomic E-state index is 11.5. The van der Waals surface area contributed by atoms with Crippen LogP contribution in [0.25, 0.3) is 0 Å². The lowest BCUT2D eigenvalue weighted by Gasteiger charge is -2.34. The first kappa shape index (κ1) is 7.08. The highest BCUT2D eigenvalue weighted by atomic mass is 16.1. The van der Waals surface area contributed by atoms with Gasteiger partial charge in [0.2, 0.25) is 0 Å². The predicted octanol–water partition coefficient (Wildman–Crippen LogP) is 2.18. The molecule has 0 N–H and O–H groups in total. The van der Waals surface area contributed by atoms with Crippen LogP contribution in [0.4, 0.5) is 0 Å². The van der Waals surface area contributed by atoms with E-state index in [9.17, 15) is 4.79 Å². The van der Waals surface area contributed by atoms with Gasteiger partial charge in [-0.05, 0) is 18.3 Å². The summed E-state index contributed by atoms with van der Waals surface area (Å²) >= 11 is 0. The Bertz CT molecular complexity index is 225. The summed E-state index contributed by atoms with van der Waals surface area (Å²) in [5.74, 6) is 1.54. The Labute approximate surface area is 67.5 Å². The molecule has 0 heterocycles. The van der Waals surface area contributed by atoms with Gasteiger partial charge in [0, 0.05) is 11.8 Å². The van der Waals surface area contributed by atoms with Gasteiger partial charge in [0.1, 0.15) is 5.78 Å². The topological polar surface area (TPSA) is 17.1 Å². The zero-order chi connectivity index (χ0) is 8.06. The summed E-state index contributed by atoms with van der Waals surface area (Å²) in [6.07, 6.45) is 6.44. The van der Waals surface area contributed by atoms with E-state index in [0.29, 0.717) is 17.6 Å². The standard InChI is InChI=1S/C10H14O/c1-10(2)8-4-3-7(5-8)6-9(10)11/h3-4,7-8H,5-6H2,1-2H3. The molecule has 2 aliphatic carbocycles. The minimum Gasteiger partial charge on any atom is -0.299 e. The van der Waals surface area contributed by atoms with E-state index in [1.54, 1.807) is 0 Å². The number of hydrogen-bond donors (Lipinski definition) is 0. The molecule has 2 atom stereocenters. The maximum Gasteiger partial charge on any atom is 0.139 e. The first-order valence-corrected chi connectivity index (χ1v) is 4.32. The smallest absolute Gasteiger partial charge is 0.139 e. The second-order valence-corrected chi connectivity index (χ2v) is 4.34. The fraction of sp³-hybridized carbons (Fsp3) is 0.700. The second-order valence-electron chi connectivity index (χ2n) is 4.34. The summed E-state index contributed by atoms with van der Waals surface area (Å²) in [6, 6.07) is 0. The van der Waals surface area contributed by atoms with Crippen LogP contribution in [0.1, 0.15) is 26.7 Å². The van der Waals surface area contributed by atoms with Gasteiger partial charge in [-0.2, -0.15) is 0 Å². The van der Waals surface area contributed by atoms with Crippen molar-refractivity contribution in [1.29, 1.82) is 0 Å². The van der Waals surface area contributed by atoms with E-state index in [2.05, 4.69) is 26.0 Å². The van der Waals surface area contributed by atoms with Gasteiger partial charge in [0.05, 0.1) is 0 Å². The monoisotopic (exact) mass is 150 g/mol. The third kappa shape index (κ3) is 0.867. The molecule has 1 saturated carbocycles. The average Bonchev–Trinajstić information content (AvgIpc) is 2.31. The van der Waals surface area contributed by atoms with Gasteiger partial charge in [-0.1, -0.05) is 26.0 Å². The highest BCUT2D eigenvalue weighted by Gasteiger charge is 2.43. The molecule has 2 bridgehead atoms. The molecule has 2 rings (SSSR count). The molecular weight excluding hydrogens is 136 g/mol. The predicted molar refractivity (Wildman–Crippen MR) is 44.1 cm³/mol. The average molecular weight is 150 g/mol. The normalized spacial score (nSPS) is 39.6. The van der Waals surface area contributed by atoms with Crippen LogP contribution in [-0.2, 0) is 4.79 Å². The minimum atomic E-state index is -0.0799. The largest absolute Gasteiger partial charge is 0.299 e. The lowest BCUT2D eigenvalue weighted by atomic mass is 9.68. The summed E-state index contributed by atoms with van der Waals surface area (Å²) in [6.45, 7) is 4.15. The zero-order valence-corrected chi connectivity index (χ0v) is 7.13. The Morgan fingerprint density at radius 2 is 2.18 bits per heavy atom. The molecule has 2 aliphatic rings. The summed E-state index contributed by atoms with van der Waals surface area (Å²) in [5, 5.41) is 0. The first-order valence-electron chi connectivity index (χ1n) is 4.32. The fourth-order valence-electron chi connectivity index (χ4n) is 2.17. The molecule has 0 aliphatic heterocycles. The van der Waals surface area contributed by atoms with Crippen LogP contribution in [0.2, 0.25) is 0 Å². The fourth-order valence-corrected chi connectivity index (χ4v) is 2.17. The van der Waals surface area contributed by atoms with E-state index >= 15 is 0 Å². The number of Topliss-reactive ketones (excluding diaryl/α,β-unsaturated/α-hetero) is 1. The summed E-state index contributed by atoms with van der Waals surface area (Å²) in [4.78, 5) is 11.5. The van der Waals surface area contributed by atoms with Gasteiger partial charge in [-0.3, -0.25) is 4.79 Å². The molecule has 0 saturated heterocycles. The quantitative estimate of drug-likeness (QED) is 0.484. The maximum absolute atomic E-state index is 11.5. The highest BCUT2D eigenvalue weighted by Crippen LogP contribution is 2.45. The molecule has 1 fully saturated rings. The molecule has 11 heavy (non-hydrogen) atoms. The number of ketones is 1. The molecule has 0 radical (unpaired) electrons.